The molecule has 0 spiro atoms. The minimum absolute atomic E-state index is 0.215. The van der Waals surface area contributed by atoms with Crippen LogP contribution in [0.1, 0.15) is 11.5 Å². The van der Waals surface area contributed by atoms with Crippen molar-refractivity contribution in [2.24, 2.45) is 0 Å². The molecule has 0 unspecified atom stereocenters. The van der Waals surface area contributed by atoms with Crippen molar-refractivity contribution in [2.45, 2.75) is 17.8 Å². The molecule has 29 heavy (non-hydrogen) atoms. The van der Waals surface area contributed by atoms with Crippen LogP contribution in [-0.4, -0.2) is 27.0 Å². The van der Waals surface area contributed by atoms with Crippen molar-refractivity contribution in [3.63, 3.8) is 0 Å². The van der Waals surface area contributed by atoms with Crippen LogP contribution < -0.4 is 10.3 Å². The van der Waals surface area contributed by atoms with Crippen molar-refractivity contribution < 1.29 is 9.15 Å². The van der Waals surface area contributed by atoms with E-state index in [1.807, 2.05) is 43.3 Å². The predicted octanol–water partition coefficient (Wildman–Crippen LogP) is 4.10. The summed E-state index contributed by atoms with van der Waals surface area (Å²) in [5, 5.41) is 0.512. The van der Waals surface area contributed by atoms with Crippen LogP contribution in [0.3, 0.4) is 0 Å². The molecular weight excluding hydrogens is 388 g/mol. The van der Waals surface area contributed by atoms with Crippen LogP contribution in [-0.2, 0) is 5.75 Å². The van der Waals surface area contributed by atoms with Gasteiger partial charge in [0.1, 0.15) is 11.5 Å². The first-order chi connectivity index (χ1) is 14.1. The Morgan fingerprint density at radius 1 is 1.17 bits per heavy atom. The number of hydrogen-bond acceptors (Lipinski definition) is 7. The maximum Gasteiger partial charge on any atom is 0.252 e. The predicted molar refractivity (Wildman–Crippen MR) is 111 cm³/mol. The number of aromatic nitrogens is 4. The summed E-state index contributed by atoms with van der Waals surface area (Å²) in [6.45, 7) is 1.87. The summed E-state index contributed by atoms with van der Waals surface area (Å²) < 4.78 is 11.2. The topological polar surface area (TPSA) is 93.9 Å². The molecule has 4 aromatic rings. The Hall–Kier alpha value is -3.39. The van der Waals surface area contributed by atoms with Gasteiger partial charge in [-0.3, -0.25) is 9.78 Å². The largest absolute Gasteiger partial charge is 0.496 e. The first-order valence-corrected chi connectivity index (χ1v) is 9.87. The number of benzene rings is 1. The molecule has 3 aromatic heterocycles. The van der Waals surface area contributed by atoms with Crippen molar-refractivity contribution in [3.8, 4) is 28.5 Å². The minimum atomic E-state index is -0.215. The normalized spacial score (nSPS) is 10.8. The van der Waals surface area contributed by atoms with E-state index in [0.29, 0.717) is 34.0 Å². The van der Waals surface area contributed by atoms with E-state index in [-0.39, 0.29) is 5.56 Å². The molecule has 0 saturated carbocycles. The standard InChI is InChI=1S/C21H18N4O3S/c1-13-17(23-20(28-13)15-7-3-4-8-18(15)27-2)12-29-21-24-16(10-19(26)25-21)14-6-5-9-22-11-14/h3-11H,12H2,1-2H3,(H,24,25,26). The van der Waals surface area contributed by atoms with E-state index >= 15 is 0 Å². The smallest absolute Gasteiger partial charge is 0.252 e. The number of para-hydroxylation sites is 1. The fraction of sp³-hybridized carbons (Fsp3) is 0.143. The Balaban J connectivity index is 1.57. The second-order valence-corrected chi connectivity index (χ2v) is 7.15. The van der Waals surface area contributed by atoms with Gasteiger partial charge in [-0.1, -0.05) is 23.9 Å². The molecule has 7 nitrogen and oxygen atoms in total. The number of aromatic amines is 1. The van der Waals surface area contributed by atoms with Crippen LogP contribution in [0, 0.1) is 6.92 Å². The molecule has 4 rings (SSSR count). The van der Waals surface area contributed by atoms with Gasteiger partial charge < -0.3 is 14.1 Å². The number of methoxy groups -OCH3 is 1. The second kappa shape index (κ2) is 8.32. The van der Waals surface area contributed by atoms with Crippen molar-refractivity contribution in [1.82, 2.24) is 19.9 Å². The highest BCUT2D eigenvalue weighted by Crippen LogP contribution is 2.31. The zero-order valence-electron chi connectivity index (χ0n) is 15.9. The summed E-state index contributed by atoms with van der Waals surface area (Å²) in [6.07, 6.45) is 3.36. The first kappa shape index (κ1) is 18.9. The molecular formula is C21H18N4O3S. The van der Waals surface area contributed by atoms with Crippen molar-refractivity contribution in [1.29, 1.82) is 0 Å². The van der Waals surface area contributed by atoms with Gasteiger partial charge in [-0.2, -0.15) is 0 Å². The molecule has 0 radical (unpaired) electrons. The quantitative estimate of drug-likeness (QED) is 0.381. The number of hydrogen-bond donors (Lipinski definition) is 1. The van der Waals surface area contributed by atoms with Crippen LogP contribution in [0.25, 0.3) is 22.7 Å². The van der Waals surface area contributed by atoms with Crippen LogP contribution in [0.2, 0.25) is 0 Å². The van der Waals surface area contributed by atoms with E-state index in [0.717, 1.165) is 16.8 Å². The number of pyridine rings is 1. The molecule has 0 aliphatic carbocycles. The summed E-state index contributed by atoms with van der Waals surface area (Å²) in [7, 11) is 1.61. The fourth-order valence-electron chi connectivity index (χ4n) is 2.80. The molecule has 0 fully saturated rings. The van der Waals surface area contributed by atoms with Gasteiger partial charge in [0.2, 0.25) is 5.89 Å². The van der Waals surface area contributed by atoms with E-state index in [2.05, 4.69) is 19.9 Å². The maximum atomic E-state index is 12.0. The third-order valence-electron chi connectivity index (χ3n) is 4.25. The number of aryl methyl sites for hydroxylation is 1. The Bertz CT molecular complexity index is 1190. The summed E-state index contributed by atoms with van der Waals surface area (Å²) in [6, 6.07) is 12.7. The van der Waals surface area contributed by atoms with Gasteiger partial charge in [0, 0.05) is 29.8 Å². The van der Waals surface area contributed by atoms with Crippen LogP contribution >= 0.6 is 11.8 Å². The van der Waals surface area contributed by atoms with E-state index in [9.17, 15) is 4.79 Å². The number of ether oxygens (including phenoxy) is 1. The van der Waals surface area contributed by atoms with Crippen molar-refractivity contribution in [3.05, 3.63) is 76.7 Å². The zero-order valence-corrected chi connectivity index (χ0v) is 16.7. The average molecular weight is 406 g/mol. The molecule has 146 valence electrons. The van der Waals surface area contributed by atoms with Gasteiger partial charge in [0.05, 0.1) is 24.1 Å². The summed E-state index contributed by atoms with van der Waals surface area (Å²) in [5.74, 6) is 2.41. The van der Waals surface area contributed by atoms with Gasteiger partial charge in [-0.15, -0.1) is 0 Å². The minimum Gasteiger partial charge on any atom is -0.496 e. The van der Waals surface area contributed by atoms with Crippen molar-refractivity contribution in [2.75, 3.05) is 7.11 Å². The monoisotopic (exact) mass is 406 g/mol. The molecule has 0 aliphatic heterocycles. The highest BCUT2D eigenvalue weighted by atomic mass is 32.2. The lowest BCUT2D eigenvalue weighted by Crippen LogP contribution is -2.08. The zero-order chi connectivity index (χ0) is 20.2. The molecule has 0 atom stereocenters. The number of oxazole rings is 1. The maximum absolute atomic E-state index is 12.0. The molecule has 1 aromatic carbocycles. The third-order valence-corrected chi connectivity index (χ3v) is 5.14. The highest BCUT2D eigenvalue weighted by molar-refractivity contribution is 7.98. The van der Waals surface area contributed by atoms with Crippen molar-refractivity contribution >= 4 is 11.8 Å². The number of rotatable bonds is 6. The van der Waals surface area contributed by atoms with E-state index in [1.165, 1.54) is 17.8 Å². The Kier molecular flexibility index (Phi) is 5.44. The van der Waals surface area contributed by atoms with Gasteiger partial charge in [0.15, 0.2) is 5.16 Å². The number of thioether (sulfide) groups is 1. The van der Waals surface area contributed by atoms with E-state index in [4.69, 9.17) is 9.15 Å². The second-order valence-electron chi connectivity index (χ2n) is 6.19. The van der Waals surface area contributed by atoms with E-state index in [1.54, 1.807) is 19.5 Å². The highest BCUT2D eigenvalue weighted by Gasteiger charge is 2.15. The molecule has 0 aliphatic rings. The fourth-order valence-corrected chi connectivity index (χ4v) is 3.68. The van der Waals surface area contributed by atoms with Gasteiger partial charge >= 0.3 is 0 Å². The summed E-state index contributed by atoms with van der Waals surface area (Å²) in [5.41, 5.74) is 2.73. The van der Waals surface area contributed by atoms with Crippen LogP contribution in [0.4, 0.5) is 0 Å². The summed E-state index contributed by atoms with van der Waals surface area (Å²) in [4.78, 5) is 28.0. The van der Waals surface area contributed by atoms with Gasteiger partial charge in [0.25, 0.3) is 5.56 Å². The summed E-state index contributed by atoms with van der Waals surface area (Å²) >= 11 is 1.39. The van der Waals surface area contributed by atoms with Crippen LogP contribution in [0.15, 0.2) is 69.2 Å². The molecule has 0 saturated heterocycles. The van der Waals surface area contributed by atoms with Crippen LogP contribution in [0.5, 0.6) is 5.75 Å². The van der Waals surface area contributed by atoms with Gasteiger partial charge in [-0.05, 0) is 31.2 Å². The van der Waals surface area contributed by atoms with Gasteiger partial charge in [-0.25, -0.2) is 9.97 Å². The Labute approximate surface area is 171 Å². The first-order valence-electron chi connectivity index (χ1n) is 8.88. The molecule has 0 amide bonds. The number of H-pyrrole nitrogens is 1. The third kappa shape index (κ3) is 4.22. The lowest BCUT2D eigenvalue weighted by Gasteiger charge is -2.04. The lowest BCUT2D eigenvalue weighted by molar-refractivity contribution is 0.414. The molecule has 3 heterocycles. The molecule has 1 N–H and O–H groups in total. The van der Waals surface area contributed by atoms with E-state index < -0.39 is 0 Å². The molecule has 0 bridgehead atoms. The Morgan fingerprint density at radius 3 is 2.83 bits per heavy atom. The number of nitrogens with one attached hydrogen (secondary N) is 1. The SMILES string of the molecule is COc1ccccc1-c1nc(CSc2nc(-c3cccnc3)cc(=O)[nH]2)c(C)o1. The number of nitrogens with zero attached hydrogens (tertiary/aromatic N) is 3. The Morgan fingerprint density at radius 2 is 2.03 bits per heavy atom. The lowest BCUT2D eigenvalue weighted by atomic mass is 10.2. The molecule has 8 heteroatoms. The average Bonchev–Trinajstić information content (AvgIpc) is 3.13.